The van der Waals surface area contributed by atoms with Crippen LogP contribution < -0.4 is 0 Å². The molecule has 0 saturated carbocycles. The molecule has 0 saturated heterocycles. The molecule has 9 heteroatoms. The summed E-state index contributed by atoms with van der Waals surface area (Å²) in [5, 5.41) is 6.79. The van der Waals surface area contributed by atoms with Gasteiger partial charge >= 0.3 is 18.0 Å². The molecule has 1 aromatic carbocycles. The molecule has 0 atom stereocenters. The van der Waals surface area contributed by atoms with Crippen molar-refractivity contribution in [1.82, 2.24) is 10.2 Å². The Kier molecular flexibility index (Phi) is 3.92. The summed E-state index contributed by atoms with van der Waals surface area (Å²) in [5.74, 6) is -3.15. The lowest BCUT2D eigenvalue weighted by Crippen LogP contribution is -2.08. The van der Waals surface area contributed by atoms with E-state index in [4.69, 9.17) is 4.42 Å². The Morgan fingerprint density at radius 3 is 2.67 bits per heavy atom. The summed E-state index contributed by atoms with van der Waals surface area (Å²) in [7, 11) is 0. The van der Waals surface area contributed by atoms with Crippen LogP contribution in [0.1, 0.15) is 23.2 Å². The molecule has 5 nitrogen and oxygen atoms in total. The van der Waals surface area contributed by atoms with Crippen LogP contribution in [0.4, 0.5) is 17.6 Å². The summed E-state index contributed by atoms with van der Waals surface area (Å²) < 4.78 is 60.5. The monoisotopic (exact) mass is 304 g/mol. The molecular weight excluding hydrogens is 296 g/mol. The third-order valence-corrected chi connectivity index (χ3v) is 2.39. The van der Waals surface area contributed by atoms with Crippen LogP contribution >= 0.6 is 0 Å². The molecule has 0 fully saturated rings. The van der Waals surface area contributed by atoms with E-state index < -0.39 is 29.4 Å². The van der Waals surface area contributed by atoms with E-state index in [1.165, 1.54) is 0 Å². The Morgan fingerprint density at radius 1 is 1.33 bits per heavy atom. The topological polar surface area (TPSA) is 65.2 Å². The van der Waals surface area contributed by atoms with Gasteiger partial charge in [0.15, 0.2) is 0 Å². The first-order valence-electron chi connectivity index (χ1n) is 5.70. The minimum atomic E-state index is -4.86. The Morgan fingerprint density at radius 2 is 2.05 bits per heavy atom. The van der Waals surface area contributed by atoms with Crippen LogP contribution in [0.3, 0.4) is 0 Å². The van der Waals surface area contributed by atoms with Crippen LogP contribution in [-0.4, -0.2) is 22.8 Å². The van der Waals surface area contributed by atoms with E-state index in [9.17, 15) is 22.4 Å². The largest absolute Gasteiger partial charge is 0.459 e. The lowest BCUT2D eigenvalue weighted by Gasteiger charge is -2.08. The van der Waals surface area contributed by atoms with Crippen LogP contribution in [0.2, 0.25) is 0 Å². The van der Waals surface area contributed by atoms with Gasteiger partial charge in [0.25, 0.3) is 0 Å². The number of aromatic nitrogens is 2. The number of halogens is 4. The van der Waals surface area contributed by atoms with E-state index in [0.29, 0.717) is 12.1 Å². The third kappa shape index (κ3) is 3.18. The molecule has 0 spiro atoms. The highest BCUT2D eigenvalue weighted by Gasteiger charge is 2.34. The standard InChI is InChI=1S/C12H8F4N2O3/c1-2-20-11(19)10-18-17-9(21-10)6-3-4-8(13)7(5-6)12(14,15)16/h3-5H,2H2,1H3. The first-order valence-corrected chi connectivity index (χ1v) is 5.70. The molecule has 0 aliphatic heterocycles. The molecule has 0 N–H and O–H groups in total. The summed E-state index contributed by atoms with van der Waals surface area (Å²) >= 11 is 0. The molecule has 112 valence electrons. The van der Waals surface area contributed by atoms with E-state index in [1.807, 2.05) is 0 Å². The zero-order valence-electron chi connectivity index (χ0n) is 10.6. The van der Waals surface area contributed by atoms with Crippen molar-refractivity contribution in [2.45, 2.75) is 13.1 Å². The maximum atomic E-state index is 13.2. The van der Waals surface area contributed by atoms with Gasteiger partial charge in [-0.2, -0.15) is 13.2 Å². The normalized spacial score (nSPS) is 11.5. The number of rotatable bonds is 3. The number of nitrogens with zero attached hydrogens (tertiary/aromatic N) is 2. The number of carbonyl (C=O) groups excluding carboxylic acids is 1. The molecule has 0 aliphatic carbocycles. The Balaban J connectivity index is 2.37. The number of benzene rings is 1. The van der Waals surface area contributed by atoms with Crippen molar-refractivity contribution in [2.24, 2.45) is 0 Å². The molecule has 0 unspecified atom stereocenters. The lowest BCUT2D eigenvalue weighted by molar-refractivity contribution is -0.139. The smallest absolute Gasteiger partial charge is 0.419 e. The van der Waals surface area contributed by atoms with E-state index >= 15 is 0 Å². The highest BCUT2D eigenvalue weighted by molar-refractivity contribution is 5.84. The first-order chi connectivity index (χ1) is 9.82. The van der Waals surface area contributed by atoms with Gasteiger partial charge in [0, 0.05) is 5.56 Å². The zero-order valence-corrected chi connectivity index (χ0v) is 10.6. The quantitative estimate of drug-likeness (QED) is 0.644. The molecule has 0 radical (unpaired) electrons. The second-order valence-electron chi connectivity index (χ2n) is 3.83. The molecule has 0 amide bonds. The van der Waals surface area contributed by atoms with Crippen LogP contribution in [0, 0.1) is 5.82 Å². The lowest BCUT2D eigenvalue weighted by atomic mass is 10.1. The summed E-state index contributed by atoms with van der Waals surface area (Å²) in [5.41, 5.74) is -1.62. The highest BCUT2D eigenvalue weighted by atomic mass is 19.4. The summed E-state index contributed by atoms with van der Waals surface area (Å²) in [6, 6.07) is 2.19. The molecule has 1 aromatic heterocycles. The summed E-state index contributed by atoms with van der Waals surface area (Å²) in [4.78, 5) is 11.3. The maximum Gasteiger partial charge on any atom is 0.419 e. The van der Waals surface area contributed by atoms with Gasteiger partial charge in [-0.1, -0.05) is 0 Å². The Hall–Kier alpha value is -2.45. The minimum Gasteiger partial charge on any atom is -0.459 e. The second kappa shape index (κ2) is 5.51. The zero-order chi connectivity index (χ0) is 15.6. The van der Waals surface area contributed by atoms with Crippen molar-refractivity contribution in [3.8, 4) is 11.5 Å². The fraction of sp³-hybridized carbons (Fsp3) is 0.250. The average Bonchev–Trinajstić information content (AvgIpc) is 2.88. The van der Waals surface area contributed by atoms with Crippen molar-refractivity contribution in [3.05, 3.63) is 35.5 Å². The van der Waals surface area contributed by atoms with Gasteiger partial charge in [0.1, 0.15) is 5.82 Å². The van der Waals surface area contributed by atoms with Gasteiger partial charge in [-0.15, -0.1) is 10.2 Å². The second-order valence-corrected chi connectivity index (χ2v) is 3.83. The van der Waals surface area contributed by atoms with Crippen molar-refractivity contribution < 1.29 is 31.5 Å². The van der Waals surface area contributed by atoms with Gasteiger partial charge in [-0.05, 0) is 25.1 Å². The van der Waals surface area contributed by atoms with Gasteiger partial charge in [0.2, 0.25) is 5.89 Å². The first kappa shape index (κ1) is 14.9. The number of hydrogen-bond donors (Lipinski definition) is 0. The molecular formula is C12H8F4N2O3. The van der Waals surface area contributed by atoms with E-state index in [1.54, 1.807) is 6.92 Å². The van der Waals surface area contributed by atoms with Crippen molar-refractivity contribution >= 4 is 5.97 Å². The molecule has 2 rings (SSSR count). The van der Waals surface area contributed by atoms with E-state index in [-0.39, 0.29) is 18.1 Å². The predicted molar refractivity (Wildman–Crippen MR) is 60.7 cm³/mol. The molecule has 1 heterocycles. The summed E-state index contributed by atoms with van der Waals surface area (Å²) in [6.45, 7) is 1.63. The predicted octanol–water partition coefficient (Wildman–Crippen LogP) is 3.07. The minimum absolute atomic E-state index is 0.0747. The van der Waals surface area contributed by atoms with Gasteiger partial charge in [0.05, 0.1) is 12.2 Å². The van der Waals surface area contributed by atoms with Crippen LogP contribution in [-0.2, 0) is 10.9 Å². The average molecular weight is 304 g/mol. The number of hydrogen-bond acceptors (Lipinski definition) is 5. The molecule has 2 aromatic rings. The molecule has 0 aliphatic rings. The van der Waals surface area contributed by atoms with Gasteiger partial charge < -0.3 is 9.15 Å². The molecule has 0 bridgehead atoms. The van der Waals surface area contributed by atoms with Gasteiger partial charge in [-0.3, -0.25) is 0 Å². The van der Waals surface area contributed by atoms with Crippen LogP contribution in [0.5, 0.6) is 0 Å². The summed E-state index contributed by atoms with van der Waals surface area (Å²) in [6.07, 6.45) is -4.86. The Bertz CT molecular complexity index is 667. The van der Waals surface area contributed by atoms with Crippen LogP contribution in [0.15, 0.2) is 22.6 Å². The van der Waals surface area contributed by atoms with E-state index in [2.05, 4.69) is 14.9 Å². The fourth-order valence-corrected chi connectivity index (χ4v) is 1.49. The van der Waals surface area contributed by atoms with Crippen LogP contribution in [0.25, 0.3) is 11.5 Å². The van der Waals surface area contributed by atoms with E-state index in [0.717, 1.165) is 6.07 Å². The van der Waals surface area contributed by atoms with Crippen molar-refractivity contribution in [2.75, 3.05) is 6.61 Å². The highest BCUT2D eigenvalue weighted by Crippen LogP contribution is 2.33. The maximum absolute atomic E-state index is 13.2. The molecule has 21 heavy (non-hydrogen) atoms. The third-order valence-electron chi connectivity index (χ3n) is 2.39. The SMILES string of the molecule is CCOC(=O)c1nnc(-c2ccc(F)c(C(F)(F)F)c2)o1. The van der Waals surface area contributed by atoms with Crippen molar-refractivity contribution in [1.29, 1.82) is 0 Å². The number of esters is 1. The number of ether oxygens (including phenoxy) is 1. The van der Waals surface area contributed by atoms with Crippen molar-refractivity contribution in [3.63, 3.8) is 0 Å². The number of alkyl halides is 3. The Labute approximate surface area is 115 Å². The number of carbonyl (C=O) groups is 1. The fourth-order valence-electron chi connectivity index (χ4n) is 1.49. The van der Waals surface area contributed by atoms with Gasteiger partial charge in [-0.25, -0.2) is 9.18 Å².